The number of ether oxygens (including phenoxy) is 5. The summed E-state index contributed by atoms with van der Waals surface area (Å²) in [4.78, 5) is 50.9. The van der Waals surface area contributed by atoms with Crippen LogP contribution in [-0.4, -0.2) is 89.2 Å². The molecule has 0 bridgehead atoms. The maximum Gasteiger partial charge on any atom is 0.335 e. The van der Waals surface area contributed by atoms with Gasteiger partial charge in [0.1, 0.15) is 18.8 Å². The fourth-order valence-electron chi connectivity index (χ4n) is 8.18. The number of aliphatic hydroxyl groups excluding tert-OH is 2. The van der Waals surface area contributed by atoms with Crippen molar-refractivity contribution in [3.63, 3.8) is 0 Å². The first-order valence-corrected chi connectivity index (χ1v) is 27.6. The standard InChI is InChI=1S/C57H98O12/c1-4-7-10-13-16-19-22-23-24-25-26-27-30-31-34-37-40-43-49(58)65-46-48(67-50(59)44-41-38-35-32-28-20-17-14-11-8-5-2)47-66-57-55(53(62)52(61)54(69-57)56(63)64)68-51(60)45-42-39-36-33-29-21-18-15-12-9-6-3/h7,10,16,19,23-24,26-27,48,52-55,57,61-62H,4-6,8-9,11-15,17-18,20-22,25,28-47H2,1-3H3,(H,63,64)/b10-7-,19-16-,24-23-,27-26-. The minimum absolute atomic E-state index is 0.0614. The zero-order valence-electron chi connectivity index (χ0n) is 43.6. The molecule has 1 aliphatic heterocycles. The van der Waals surface area contributed by atoms with E-state index in [2.05, 4.69) is 69.4 Å². The third-order valence-corrected chi connectivity index (χ3v) is 12.4. The number of esters is 3. The highest BCUT2D eigenvalue weighted by atomic mass is 16.7. The predicted octanol–water partition coefficient (Wildman–Crippen LogP) is 13.4. The van der Waals surface area contributed by atoms with Gasteiger partial charge in [-0.1, -0.05) is 211 Å². The van der Waals surface area contributed by atoms with Crippen molar-refractivity contribution in [1.29, 1.82) is 0 Å². The summed E-state index contributed by atoms with van der Waals surface area (Å²) in [6, 6.07) is 0. The third-order valence-electron chi connectivity index (χ3n) is 12.4. The fourth-order valence-corrected chi connectivity index (χ4v) is 8.18. The Morgan fingerprint density at radius 1 is 0.493 bits per heavy atom. The van der Waals surface area contributed by atoms with Crippen molar-refractivity contribution in [2.45, 2.75) is 276 Å². The molecule has 3 N–H and O–H groups in total. The summed E-state index contributed by atoms with van der Waals surface area (Å²) in [5.41, 5.74) is 0. The Bertz CT molecular complexity index is 1390. The second kappa shape index (κ2) is 45.8. The normalized spacial score (nSPS) is 19.0. The first-order chi connectivity index (χ1) is 33.6. The summed E-state index contributed by atoms with van der Waals surface area (Å²) >= 11 is 0. The van der Waals surface area contributed by atoms with Crippen LogP contribution < -0.4 is 0 Å². The molecule has 69 heavy (non-hydrogen) atoms. The number of hydrogen-bond donors (Lipinski definition) is 3. The van der Waals surface area contributed by atoms with Gasteiger partial charge in [-0.2, -0.15) is 0 Å². The topological polar surface area (TPSA) is 175 Å². The van der Waals surface area contributed by atoms with Crippen molar-refractivity contribution >= 4 is 23.9 Å². The molecule has 1 fully saturated rings. The molecule has 1 saturated heterocycles. The third kappa shape index (κ3) is 36.3. The highest BCUT2D eigenvalue weighted by Crippen LogP contribution is 2.26. The number of allylic oxidation sites excluding steroid dienone is 8. The molecule has 0 spiro atoms. The van der Waals surface area contributed by atoms with E-state index in [1.165, 1.54) is 83.5 Å². The van der Waals surface area contributed by atoms with Crippen LogP contribution in [0.2, 0.25) is 0 Å². The Hall–Kier alpha value is -3.32. The van der Waals surface area contributed by atoms with E-state index in [0.29, 0.717) is 19.3 Å². The average molecular weight is 975 g/mol. The van der Waals surface area contributed by atoms with Gasteiger partial charge in [0.25, 0.3) is 0 Å². The van der Waals surface area contributed by atoms with Gasteiger partial charge in [0.15, 0.2) is 24.6 Å². The van der Waals surface area contributed by atoms with Gasteiger partial charge in [0, 0.05) is 19.3 Å². The number of carboxylic acid groups (broad SMARTS) is 1. The van der Waals surface area contributed by atoms with Crippen LogP contribution in [0.25, 0.3) is 0 Å². The lowest BCUT2D eigenvalue weighted by atomic mass is 9.98. The Morgan fingerprint density at radius 3 is 1.39 bits per heavy atom. The van der Waals surface area contributed by atoms with Crippen LogP contribution in [0.1, 0.15) is 239 Å². The minimum atomic E-state index is -1.90. The van der Waals surface area contributed by atoms with Crippen molar-refractivity contribution in [2.75, 3.05) is 13.2 Å². The molecule has 0 amide bonds. The first kappa shape index (κ1) is 63.7. The summed E-state index contributed by atoms with van der Waals surface area (Å²) in [5.74, 6) is -3.14. The van der Waals surface area contributed by atoms with Gasteiger partial charge >= 0.3 is 23.9 Å². The van der Waals surface area contributed by atoms with E-state index in [4.69, 9.17) is 23.7 Å². The van der Waals surface area contributed by atoms with Crippen LogP contribution in [0, 0.1) is 0 Å². The van der Waals surface area contributed by atoms with E-state index >= 15 is 0 Å². The van der Waals surface area contributed by atoms with Crippen molar-refractivity contribution in [3.8, 4) is 0 Å². The van der Waals surface area contributed by atoms with Crippen LogP contribution in [0.15, 0.2) is 48.6 Å². The predicted molar refractivity (Wildman–Crippen MR) is 276 cm³/mol. The van der Waals surface area contributed by atoms with E-state index in [0.717, 1.165) is 96.3 Å². The summed E-state index contributed by atoms with van der Waals surface area (Å²) in [6.07, 6.45) is 41.0. The van der Waals surface area contributed by atoms with E-state index in [9.17, 15) is 34.5 Å². The molecule has 12 heteroatoms. The van der Waals surface area contributed by atoms with Gasteiger partial charge in [-0.3, -0.25) is 14.4 Å². The second-order valence-corrected chi connectivity index (χ2v) is 18.9. The van der Waals surface area contributed by atoms with E-state index in [1.54, 1.807) is 0 Å². The molecule has 0 saturated carbocycles. The van der Waals surface area contributed by atoms with Gasteiger partial charge in [0.05, 0.1) is 6.61 Å². The molecule has 1 heterocycles. The van der Waals surface area contributed by atoms with Gasteiger partial charge in [-0.25, -0.2) is 4.79 Å². The molecule has 0 radical (unpaired) electrons. The van der Waals surface area contributed by atoms with Crippen molar-refractivity contribution < 1.29 is 58.2 Å². The molecule has 6 unspecified atom stereocenters. The number of carbonyl (C=O) groups is 4. The summed E-state index contributed by atoms with van der Waals surface area (Å²) in [7, 11) is 0. The molecule has 398 valence electrons. The van der Waals surface area contributed by atoms with Crippen LogP contribution in [0.4, 0.5) is 0 Å². The van der Waals surface area contributed by atoms with Gasteiger partial charge in [-0.15, -0.1) is 0 Å². The number of aliphatic hydroxyl groups is 2. The number of hydrogen-bond acceptors (Lipinski definition) is 11. The maximum absolute atomic E-state index is 13.1. The molecular weight excluding hydrogens is 877 g/mol. The largest absolute Gasteiger partial charge is 0.479 e. The zero-order valence-corrected chi connectivity index (χ0v) is 43.6. The van der Waals surface area contributed by atoms with Gasteiger partial charge in [0.2, 0.25) is 0 Å². The van der Waals surface area contributed by atoms with Crippen molar-refractivity contribution in [1.82, 2.24) is 0 Å². The molecular formula is C57H98O12. The number of aliphatic carboxylic acids is 1. The molecule has 0 aliphatic carbocycles. The number of unbranched alkanes of at least 4 members (excludes halogenated alkanes) is 24. The SMILES string of the molecule is CC/C=C\C/C=C\C/C=C\C/C=C\CCCCCCC(=O)OCC(COC1OC(C(=O)O)C(O)C(O)C1OC(=O)CCCCCCCCCCCCC)OC(=O)CCCCCCCCCCCCC. The monoisotopic (exact) mass is 975 g/mol. The Balaban J connectivity index is 2.71. The second-order valence-electron chi connectivity index (χ2n) is 18.9. The van der Waals surface area contributed by atoms with Gasteiger partial charge in [-0.05, 0) is 57.8 Å². The summed E-state index contributed by atoms with van der Waals surface area (Å²) < 4.78 is 28.3. The quantitative estimate of drug-likeness (QED) is 0.0228. The lowest BCUT2D eigenvalue weighted by Crippen LogP contribution is -2.61. The lowest BCUT2D eigenvalue weighted by Gasteiger charge is -2.40. The smallest absolute Gasteiger partial charge is 0.335 e. The minimum Gasteiger partial charge on any atom is -0.479 e. The highest BCUT2D eigenvalue weighted by molar-refractivity contribution is 5.74. The number of carbonyl (C=O) groups excluding carboxylic acids is 3. The van der Waals surface area contributed by atoms with Crippen molar-refractivity contribution in [2.24, 2.45) is 0 Å². The summed E-state index contributed by atoms with van der Waals surface area (Å²) in [6.45, 7) is 5.83. The molecule has 0 aromatic carbocycles. The Morgan fingerprint density at radius 2 is 0.913 bits per heavy atom. The molecule has 12 nitrogen and oxygen atoms in total. The van der Waals surface area contributed by atoms with E-state index in [-0.39, 0.29) is 25.9 Å². The zero-order chi connectivity index (χ0) is 50.4. The molecule has 1 rings (SSSR count). The van der Waals surface area contributed by atoms with Crippen molar-refractivity contribution in [3.05, 3.63) is 48.6 Å². The fraction of sp³-hybridized carbons (Fsp3) is 0.789. The van der Waals surface area contributed by atoms with Crippen LogP contribution in [-0.2, 0) is 42.9 Å². The Kier molecular flexibility index (Phi) is 42.3. The van der Waals surface area contributed by atoms with Crippen LogP contribution in [0.3, 0.4) is 0 Å². The number of carboxylic acids is 1. The van der Waals surface area contributed by atoms with Crippen LogP contribution in [0.5, 0.6) is 0 Å². The maximum atomic E-state index is 13.1. The average Bonchev–Trinajstić information content (AvgIpc) is 3.33. The molecule has 0 aromatic heterocycles. The molecule has 0 aromatic rings. The van der Waals surface area contributed by atoms with Gasteiger partial charge < -0.3 is 39.0 Å². The first-order valence-electron chi connectivity index (χ1n) is 27.6. The van der Waals surface area contributed by atoms with E-state index < -0.39 is 67.3 Å². The van der Waals surface area contributed by atoms with Crippen LogP contribution >= 0.6 is 0 Å². The molecule has 1 aliphatic rings. The Labute approximate surface area is 418 Å². The summed E-state index contributed by atoms with van der Waals surface area (Å²) in [5, 5.41) is 31.3. The molecule has 6 atom stereocenters. The lowest BCUT2D eigenvalue weighted by molar-refractivity contribution is -0.301. The van der Waals surface area contributed by atoms with E-state index in [1.807, 2.05) is 0 Å². The number of rotatable bonds is 46. The highest BCUT2D eigenvalue weighted by Gasteiger charge is 2.50.